The van der Waals surface area contributed by atoms with Crippen molar-refractivity contribution in [2.75, 3.05) is 25.5 Å². The molecule has 0 aliphatic heterocycles. The van der Waals surface area contributed by atoms with Crippen LogP contribution in [-0.2, 0) is 21.2 Å². The SMILES string of the molecule is CCN(CC)S(=O)(=O)c1cc(C)c(C)c(NC(=O)Cc2cccc(OC)c2)c1. The molecule has 2 aromatic rings. The number of anilines is 1. The fourth-order valence-corrected chi connectivity index (χ4v) is 4.55. The number of rotatable bonds is 8. The van der Waals surface area contributed by atoms with E-state index in [1.54, 1.807) is 39.2 Å². The maximum absolute atomic E-state index is 12.9. The Balaban J connectivity index is 2.30. The minimum Gasteiger partial charge on any atom is -0.497 e. The first-order chi connectivity index (χ1) is 13.2. The quantitative estimate of drug-likeness (QED) is 0.730. The van der Waals surface area contributed by atoms with Crippen molar-refractivity contribution in [3.05, 3.63) is 53.1 Å². The van der Waals surface area contributed by atoms with Crippen LogP contribution in [-0.4, -0.2) is 38.8 Å². The Morgan fingerprint density at radius 3 is 2.39 bits per heavy atom. The van der Waals surface area contributed by atoms with E-state index in [0.29, 0.717) is 24.5 Å². The maximum atomic E-state index is 12.9. The van der Waals surface area contributed by atoms with Crippen LogP contribution in [0.2, 0.25) is 0 Å². The number of aryl methyl sites for hydroxylation is 1. The van der Waals surface area contributed by atoms with Crippen LogP contribution in [0, 0.1) is 13.8 Å². The number of methoxy groups -OCH3 is 1. The van der Waals surface area contributed by atoms with Crippen molar-refractivity contribution in [1.82, 2.24) is 4.31 Å². The number of amides is 1. The Labute approximate surface area is 167 Å². The number of nitrogens with one attached hydrogen (secondary N) is 1. The normalized spacial score (nSPS) is 11.5. The molecule has 0 aromatic heterocycles. The van der Waals surface area contributed by atoms with Crippen molar-refractivity contribution >= 4 is 21.6 Å². The third-order valence-electron chi connectivity index (χ3n) is 4.76. The number of carbonyl (C=O) groups is 1. The van der Waals surface area contributed by atoms with E-state index in [9.17, 15) is 13.2 Å². The van der Waals surface area contributed by atoms with Crippen molar-refractivity contribution in [2.45, 2.75) is 39.0 Å². The Hall–Kier alpha value is -2.38. The molecule has 7 heteroatoms. The van der Waals surface area contributed by atoms with Gasteiger partial charge < -0.3 is 10.1 Å². The second-order valence-corrected chi connectivity index (χ2v) is 8.52. The molecule has 0 saturated heterocycles. The van der Waals surface area contributed by atoms with Gasteiger partial charge in [-0.15, -0.1) is 0 Å². The van der Waals surface area contributed by atoms with Crippen LogP contribution >= 0.6 is 0 Å². The molecule has 0 atom stereocenters. The average molecular weight is 405 g/mol. The van der Waals surface area contributed by atoms with E-state index in [2.05, 4.69) is 5.32 Å². The maximum Gasteiger partial charge on any atom is 0.243 e. The summed E-state index contributed by atoms with van der Waals surface area (Å²) in [6, 6.07) is 10.5. The van der Waals surface area contributed by atoms with Crippen molar-refractivity contribution < 1.29 is 17.9 Å². The van der Waals surface area contributed by atoms with E-state index < -0.39 is 10.0 Å². The minimum atomic E-state index is -3.60. The Morgan fingerprint density at radius 1 is 1.11 bits per heavy atom. The van der Waals surface area contributed by atoms with Crippen LogP contribution in [0.4, 0.5) is 5.69 Å². The summed E-state index contributed by atoms with van der Waals surface area (Å²) < 4.78 is 32.3. The molecule has 0 aliphatic rings. The molecule has 6 nitrogen and oxygen atoms in total. The lowest BCUT2D eigenvalue weighted by molar-refractivity contribution is -0.115. The smallest absolute Gasteiger partial charge is 0.243 e. The summed E-state index contributed by atoms with van der Waals surface area (Å²) in [5, 5.41) is 2.86. The number of benzene rings is 2. The van der Waals surface area contributed by atoms with Gasteiger partial charge in [-0.2, -0.15) is 4.31 Å². The van der Waals surface area contributed by atoms with Gasteiger partial charge in [0.05, 0.1) is 18.4 Å². The summed E-state index contributed by atoms with van der Waals surface area (Å²) in [6.45, 7) is 8.10. The first-order valence-corrected chi connectivity index (χ1v) is 10.7. The highest BCUT2D eigenvalue weighted by Gasteiger charge is 2.23. The predicted molar refractivity (Wildman–Crippen MR) is 111 cm³/mol. The second kappa shape index (κ2) is 9.21. The van der Waals surface area contributed by atoms with Gasteiger partial charge in [0.1, 0.15) is 5.75 Å². The molecule has 0 bridgehead atoms. The lowest BCUT2D eigenvalue weighted by Gasteiger charge is -2.20. The summed E-state index contributed by atoms with van der Waals surface area (Å²) in [5.41, 5.74) is 2.99. The summed E-state index contributed by atoms with van der Waals surface area (Å²) in [5.74, 6) is 0.470. The number of ether oxygens (including phenoxy) is 1. The molecule has 0 aliphatic carbocycles. The topological polar surface area (TPSA) is 75.7 Å². The molecule has 1 amide bonds. The third kappa shape index (κ3) is 4.91. The highest BCUT2D eigenvalue weighted by molar-refractivity contribution is 7.89. The highest BCUT2D eigenvalue weighted by atomic mass is 32.2. The molecule has 0 heterocycles. The van der Waals surface area contributed by atoms with Gasteiger partial charge in [0, 0.05) is 18.8 Å². The standard InChI is InChI=1S/C21H28N2O4S/c1-6-23(7-2)28(25,26)19-11-15(3)16(4)20(14-19)22-21(24)13-17-9-8-10-18(12-17)27-5/h8-12,14H,6-7,13H2,1-5H3,(H,22,24). The predicted octanol–water partition coefficient (Wildman–Crippen LogP) is 3.52. The number of hydrogen-bond acceptors (Lipinski definition) is 4. The van der Waals surface area contributed by atoms with Gasteiger partial charge in [0.2, 0.25) is 15.9 Å². The van der Waals surface area contributed by atoms with E-state index in [1.165, 1.54) is 4.31 Å². The van der Waals surface area contributed by atoms with E-state index in [0.717, 1.165) is 16.7 Å². The summed E-state index contributed by atoms with van der Waals surface area (Å²) >= 11 is 0. The van der Waals surface area contributed by atoms with Crippen LogP contribution in [0.3, 0.4) is 0 Å². The number of sulfonamides is 1. The zero-order chi connectivity index (χ0) is 20.9. The van der Waals surface area contributed by atoms with Crippen LogP contribution in [0.1, 0.15) is 30.5 Å². The van der Waals surface area contributed by atoms with Gasteiger partial charge >= 0.3 is 0 Å². The molecule has 0 radical (unpaired) electrons. The van der Waals surface area contributed by atoms with Gasteiger partial charge in [-0.3, -0.25) is 4.79 Å². The molecule has 0 saturated carbocycles. The monoisotopic (exact) mass is 404 g/mol. The molecule has 2 rings (SSSR count). The molecule has 28 heavy (non-hydrogen) atoms. The lowest BCUT2D eigenvalue weighted by Crippen LogP contribution is -2.30. The molecule has 0 unspecified atom stereocenters. The third-order valence-corrected chi connectivity index (χ3v) is 6.78. The number of carbonyl (C=O) groups excluding carboxylic acids is 1. The van der Waals surface area contributed by atoms with Crippen LogP contribution in [0.5, 0.6) is 5.75 Å². The summed E-state index contributed by atoms with van der Waals surface area (Å²) in [7, 11) is -2.02. The van der Waals surface area contributed by atoms with Gasteiger partial charge in [0.25, 0.3) is 0 Å². The minimum absolute atomic E-state index is 0.169. The molecule has 2 aromatic carbocycles. The van der Waals surface area contributed by atoms with Crippen molar-refractivity contribution in [3.8, 4) is 5.75 Å². The number of nitrogens with zero attached hydrogens (tertiary/aromatic N) is 1. The highest BCUT2D eigenvalue weighted by Crippen LogP contribution is 2.26. The lowest BCUT2D eigenvalue weighted by atomic mass is 10.1. The molecule has 152 valence electrons. The zero-order valence-corrected chi connectivity index (χ0v) is 17.9. The first-order valence-electron chi connectivity index (χ1n) is 9.27. The molecular weight excluding hydrogens is 376 g/mol. The van der Waals surface area contributed by atoms with Crippen LogP contribution < -0.4 is 10.1 Å². The van der Waals surface area contributed by atoms with E-state index in [4.69, 9.17) is 4.74 Å². The van der Waals surface area contributed by atoms with E-state index in [-0.39, 0.29) is 17.2 Å². The zero-order valence-electron chi connectivity index (χ0n) is 17.1. The van der Waals surface area contributed by atoms with Gasteiger partial charge in [0.15, 0.2) is 0 Å². The fraction of sp³-hybridized carbons (Fsp3) is 0.381. The van der Waals surface area contributed by atoms with Gasteiger partial charge in [-0.25, -0.2) is 8.42 Å². The van der Waals surface area contributed by atoms with E-state index in [1.807, 2.05) is 32.0 Å². The van der Waals surface area contributed by atoms with Crippen LogP contribution in [0.25, 0.3) is 0 Å². The summed E-state index contributed by atoms with van der Waals surface area (Å²) in [6.07, 6.45) is 0.169. The Bertz CT molecular complexity index is 951. The molecule has 0 fully saturated rings. The van der Waals surface area contributed by atoms with E-state index >= 15 is 0 Å². The molecule has 1 N–H and O–H groups in total. The fourth-order valence-electron chi connectivity index (χ4n) is 2.98. The first kappa shape index (κ1) is 21.9. The number of hydrogen-bond donors (Lipinski definition) is 1. The van der Waals surface area contributed by atoms with Crippen molar-refractivity contribution in [3.63, 3.8) is 0 Å². The molecule has 0 spiro atoms. The molecular formula is C21H28N2O4S. The van der Waals surface area contributed by atoms with Crippen molar-refractivity contribution in [1.29, 1.82) is 0 Å². The Morgan fingerprint density at radius 2 is 1.79 bits per heavy atom. The summed E-state index contributed by atoms with van der Waals surface area (Å²) in [4.78, 5) is 12.7. The largest absolute Gasteiger partial charge is 0.497 e. The van der Waals surface area contributed by atoms with Crippen LogP contribution in [0.15, 0.2) is 41.3 Å². The van der Waals surface area contributed by atoms with Gasteiger partial charge in [-0.05, 0) is 54.8 Å². The second-order valence-electron chi connectivity index (χ2n) is 6.58. The Kier molecular flexibility index (Phi) is 7.21. The van der Waals surface area contributed by atoms with Gasteiger partial charge in [-0.1, -0.05) is 26.0 Å². The van der Waals surface area contributed by atoms with Crippen molar-refractivity contribution in [2.24, 2.45) is 0 Å². The average Bonchev–Trinajstić information content (AvgIpc) is 2.66.